The average Bonchev–Trinajstić information content (AvgIpc) is 3.13. The van der Waals surface area contributed by atoms with E-state index >= 15 is 0 Å². The summed E-state index contributed by atoms with van der Waals surface area (Å²) in [5.74, 6) is 0.936. The highest BCUT2D eigenvalue weighted by Gasteiger charge is 2.11. The smallest absolute Gasteiger partial charge is 0.261 e. The maximum absolute atomic E-state index is 12.0. The minimum Gasteiger partial charge on any atom is -0.357 e. The summed E-state index contributed by atoms with van der Waals surface area (Å²) >= 11 is 1.41. The van der Waals surface area contributed by atoms with Crippen molar-refractivity contribution in [3.05, 3.63) is 46.3 Å². The van der Waals surface area contributed by atoms with Crippen LogP contribution in [0, 0.1) is 0 Å². The number of nitrogens with zero attached hydrogens (tertiary/aromatic N) is 2. The molecule has 0 saturated carbocycles. The topological polar surface area (TPSA) is 74.3 Å². The zero-order chi connectivity index (χ0) is 19.6. The van der Waals surface area contributed by atoms with Gasteiger partial charge in [0, 0.05) is 38.8 Å². The van der Waals surface area contributed by atoms with Gasteiger partial charge in [0.2, 0.25) is 5.91 Å². The van der Waals surface area contributed by atoms with Crippen molar-refractivity contribution in [2.75, 3.05) is 24.5 Å². The Kier molecular flexibility index (Phi) is 7.84. The monoisotopic (exact) mass is 400 g/mol. The van der Waals surface area contributed by atoms with Gasteiger partial charge in [0.05, 0.1) is 4.88 Å². The first-order chi connectivity index (χ1) is 13.7. The van der Waals surface area contributed by atoms with Gasteiger partial charge in [-0.15, -0.1) is 11.3 Å². The normalized spacial score (nSPS) is 14.4. The zero-order valence-electron chi connectivity index (χ0n) is 16.2. The SMILES string of the molecule is O=C(CCCNC(=O)c1cccs1)NCc1ccc(N2CCCCCC2)nc1. The molecule has 28 heavy (non-hydrogen) atoms. The van der Waals surface area contributed by atoms with Gasteiger partial charge in [-0.1, -0.05) is 25.0 Å². The van der Waals surface area contributed by atoms with Crippen LogP contribution in [0.25, 0.3) is 0 Å². The number of rotatable bonds is 8. The number of hydrogen-bond donors (Lipinski definition) is 2. The van der Waals surface area contributed by atoms with Crippen LogP contribution in [-0.4, -0.2) is 36.4 Å². The van der Waals surface area contributed by atoms with E-state index in [2.05, 4.69) is 20.5 Å². The van der Waals surface area contributed by atoms with Crippen molar-refractivity contribution in [3.63, 3.8) is 0 Å². The molecule has 1 aliphatic heterocycles. The van der Waals surface area contributed by atoms with Crippen LogP contribution in [0.1, 0.15) is 53.8 Å². The van der Waals surface area contributed by atoms with Gasteiger partial charge in [0.25, 0.3) is 5.91 Å². The molecule has 1 fully saturated rings. The summed E-state index contributed by atoms with van der Waals surface area (Å²) in [6.07, 6.45) is 7.93. The van der Waals surface area contributed by atoms with Crippen LogP contribution in [0.5, 0.6) is 0 Å². The molecule has 0 spiro atoms. The number of anilines is 1. The number of amides is 2. The van der Waals surface area contributed by atoms with E-state index in [1.54, 1.807) is 6.07 Å². The van der Waals surface area contributed by atoms with Crippen LogP contribution in [0.2, 0.25) is 0 Å². The molecule has 2 aromatic rings. The molecule has 0 unspecified atom stereocenters. The van der Waals surface area contributed by atoms with Gasteiger partial charge in [-0.3, -0.25) is 9.59 Å². The Hall–Kier alpha value is -2.41. The first-order valence-electron chi connectivity index (χ1n) is 10.0. The van der Waals surface area contributed by atoms with E-state index in [9.17, 15) is 9.59 Å². The molecule has 7 heteroatoms. The molecule has 1 saturated heterocycles. The third-order valence-corrected chi connectivity index (χ3v) is 5.71. The lowest BCUT2D eigenvalue weighted by Crippen LogP contribution is -2.27. The van der Waals surface area contributed by atoms with Crippen LogP contribution >= 0.6 is 11.3 Å². The van der Waals surface area contributed by atoms with Crippen molar-refractivity contribution in [1.29, 1.82) is 0 Å². The number of carbonyl (C=O) groups is 2. The number of carbonyl (C=O) groups excluding carboxylic acids is 2. The van der Waals surface area contributed by atoms with Gasteiger partial charge in [-0.25, -0.2) is 4.98 Å². The molecule has 2 amide bonds. The Balaban J connectivity index is 1.33. The van der Waals surface area contributed by atoms with Crippen LogP contribution < -0.4 is 15.5 Å². The van der Waals surface area contributed by atoms with Crippen LogP contribution in [0.15, 0.2) is 35.8 Å². The molecule has 2 N–H and O–H groups in total. The summed E-state index contributed by atoms with van der Waals surface area (Å²) < 4.78 is 0. The highest BCUT2D eigenvalue weighted by molar-refractivity contribution is 7.12. The first kappa shape index (κ1) is 20.3. The summed E-state index contributed by atoms with van der Waals surface area (Å²) in [6, 6.07) is 7.73. The summed E-state index contributed by atoms with van der Waals surface area (Å²) in [4.78, 5) is 31.4. The second kappa shape index (κ2) is 10.8. The number of thiophene rings is 1. The standard InChI is InChI=1S/C21H28N4O2S/c26-20(8-5-11-22-21(27)18-7-6-14-28-18)24-16-17-9-10-19(23-15-17)25-12-3-1-2-4-13-25/h6-7,9-10,14-15H,1-5,8,11-13,16H2,(H,22,27)(H,24,26). The lowest BCUT2D eigenvalue weighted by atomic mass is 10.2. The zero-order valence-corrected chi connectivity index (χ0v) is 17.0. The van der Waals surface area contributed by atoms with Crippen LogP contribution in [0.3, 0.4) is 0 Å². The molecule has 0 aromatic carbocycles. The quantitative estimate of drug-likeness (QED) is 0.667. The third kappa shape index (κ3) is 6.34. The van der Waals surface area contributed by atoms with E-state index in [-0.39, 0.29) is 11.8 Å². The fraction of sp³-hybridized carbons (Fsp3) is 0.476. The van der Waals surface area contributed by atoms with E-state index in [0.717, 1.165) is 24.5 Å². The molecule has 6 nitrogen and oxygen atoms in total. The summed E-state index contributed by atoms with van der Waals surface area (Å²) in [7, 11) is 0. The van der Waals surface area contributed by atoms with Gasteiger partial charge in [0.15, 0.2) is 0 Å². The van der Waals surface area contributed by atoms with Crippen molar-refractivity contribution in [1.82, 2.24) is 15.6 Å². The lowest BCUT2D eigenvalue weighted by Gasteiger charge is -2.21. The van der Waals surface area contributed by atoms with E-state index < -0.39 is 0 Å². The van der Waals surface area contributed by atoms with Crippen LogP contribution in [-0.2, 0) is 11.3 Å². The van der Waals surface area contributed by atoms with Crippen LogP contribution in [0.4, 0.5) is 5.82 Å². The number of aromatic nitrogens is 1. The molecular formula is C21H28N4O2S. The Labute approximate surface area is 170 Å². The lowest BCUT2D eigenvalue weighted by molar-refractivity contribution is -0.121. The molecule has 0 atom stereocenters. The molecule has 0 aliphatic carbocycles. The average molecular weight is 401 g/mol. The van der Waals surface area contributed by atoms with E-state index in [0.29, 0.717) is 30.8 Å². The second-order valence-electron chi connectivity index (χ2n) is 7.04. The van der Waals surface area contributed by atoms with Crippen molar-refractivity contribution in [2.45, 2.75) is 45.1 Å². The number of pyridine rings is 1. The highest BCUT2D eigenvalue weighted by atomic mass is 32.1. The van der Waals surface area contributed by atoms with Crippen molar-refractivity contribution < 1.29 is 9.59 Å². The second-order valence-corrected chi connectivity index (χ2v) is 7.99. The fourth-order valence-corrected chi connectivity index (χ4v) is 3.88. The van der Waals surface area contributed by atoms with Crippen molar-refractivity contribution in [3.8, 4) is 0 Å². The molecule has 0 radical (unpaired) electrons. The molecular weight excluding hydrogens is 372 g/mol. The molecule has 2 aromatic heterocycles. The third-order valence-electron chi connectivity index (χ3n) is 4.84. The number of hydrogen-bond acceptors (Lipinski definition) is 5. The maximum Gasteiger partial charge on any atom is 0.261 e. The molecule has 1 aliphatic rings. The fourth-order valence-electron chi connectivity index (χ4n) is 3.24. The predicted octanol–water partition coefficient (Wildman–Crippen LogP) is 3.35. The summed E-state index contributed by atoms with van der Waals surface area (Å²) in [6.45, 7) is 3.13. The van der Waals surface area contributed by atoms with Gasteiger partial charge >= 0.3 is 0 Å². The number of nitrogens with one attached hydrogen (secondary N) is 2. The largest absolute Gasteiger partial charge is 0.357 e. The van der Waals surface area contributed by atoms with Gasteiger partial charge in [-0.2, -0.15) is 0 Å². The molecule has 150 valence electrons. The Morgan fingerprint density at radius 1 is 1.07 bits per heavy atom. The minimum absolute atomic E-state index is 0.0121. The highest BCUT2D eigenvalue weighted by Crippen LogP contribution is 2.17. The summed E-state index contributed by atoms with van der Waals surface area (Å²) in [5, 5.41) is 7.63. The Bertz CT molecular complexity index is 738. The van der Waals surface area contributed by atoms with E-state index in [4.69, 9.17) is 0 Å². The summed E-state index contributed by atoms with van der Waals surface area (Å²) in [5.41, 5.74) is 0.998. The van der Waals surface area contributed by atoms with Crippen molar-refractivity contribution >= 4 is 29.0 Å². The van der Waals surface area contributed by atoms with Crippen molar-refractivity contribution in [2.24, 2.45) is 0 Å². The molecule has 0 bridgehead atoms. The minimum atomic E-state index is -0.0778. The van der Waals surface area contributed by atoms with E-state index in [1.165, 1.54) is 37.0 Å². The maximum atomic E-state index is 12.0. The molecule has 3 heterocycles. The molecule has 3 rings (SSSR count). The Morgan fingerprint density at radius 2 is 1.89 bits per heavy atom. The van der Waals surface area contributed by atoms with Gasteiger partial charge in [-0.05, 0) is 42.3 Å². The predicted molar refractivity (Wildman–Crippen MR) is 113 cm³/mol. The first-order valence-corrected chi connectivity index (χ1v) is 10.9. The van der Waals surface area contributed by atoms with Gasteiger partial charge < -0.3 is 15.5 Å². The van der Waals surface area contributed by atoms with Gasteiger partial charge in [0.1, 0.15) is 5.82 Å². The Morgan fingerprint density at radius 3 is 2.57 bits per heavy atom. The van der Waals surface area contributed by atoms with E-state index in [1.807, 2.05) is 29.8 Å².